The summed E-state index contributed by atoms with van der Waals surface area (Å²) in [6.45, 7) is 12.4. The van der Waals surface area contributed by atoms with Crippen LogP contribution >= 0.6 is 0 Å². The molecule has 6 nitrogen and oxygen atoms in total. The molecule has 10 aromatic carbocycles. The van der Waals surface area contributed by atoms with Gasteiger partial charge in [0.05, 0.1) is 28.8 Å². The van der Waals surface area contributed by atoms with Gasteiger partial charge in [-0.2, -0.15) is 0 Å². The number of aryl methyl sites for hydroxylation is 7. The first-order valence-corrected chi connectivity index (χ1v) is 34.0. The Bertz CT molecular complexity index is 4770. The molecule has 2 unspecified atom stereocenters. The first-order chi connectivity index (χ1) is 47.1. The Balaban J connectivity index is 0.781. The maximum Gasteiger partial charge on any atom is 0.151 e. The number of anilines is 3. The van der Waals surface area contributed by atoms with Crippen LogP contribution in [0.15, 0.2) is 206 Å². The van der Waals surface area contributed by atoms with Crippen molar-refractivity contribution in [3.8, 4) is 98.9 Å². The van der Waals surface area contributed by atoms with Gasteiger partial charge in [-0.25, -0.2) is 0 Å². The molecule has 0 radical (unpaired) electrons. The maximum absolute atomic E-state index is 11.2. The van der Waals surface area contributed by atoms with Gasteiger partial charge in [0.1, 0.15) is 36.7 Å². The minimum absolute atomic E-state index is 0.357. The lowest BCUT2D eigenvalue weighted by Gasteiger charge is -2.34. The number of benzene rings is 10. The van der Waals surface area contributed by atoms with Gasteiger partial charge in [-0.1, -0.05) is 172 Å². The summed E-state index contributed by atoms with van der Waals surface area (Å²) in [5.41, 5.74) is 23.2. The van der Waals surface area contributed by atoms with Crippen LogP contribution in [0.3, 0.4) is 0 Å². The largest absolute Gasteiger partial charge is 0.494 e. The lowest BCUT2D eigenvalue weighted by atomic mass is 9.67. The second-order valence-electron chi connectivity index (χ2n) is 25.8. The van der Waals surface area contributed by atoms with Crippen LogP contribution < -0.4 is 23.8 Å². The fraction of sp³-hybridized carbons (Fsp3) is 0.233. The van der Waals surface area contributed by atoms with Gasteiger partial charge >= 0.3 is 0 Å². The Morgan fingerprint density at radius 1 is 0.438 bits per heavy atom. The highest BCUT2D eigenvalue weighted by atomic mass is 16.5. The van der Waals surface area contributed by atoms with Crippen LogP contribution in [0.1, 0.15) is 142 Å². The van der Waals surface area contributed by atoms with E-state index in [0.717, 1.165) is 102 Å². The van der Waals surface area contributed by atoms with Crippen molar-refractivity contribution in [2.24, 2.45) is 0 Å². The van der Waals surface area contributed by atoms with Crippen molar-refractivity contribution in [2.75, 3.05) is 24.7 Å². The molecular weight excluding hydrogens is 1170 g/mol. The van der Waals surface area contributed by atoms with Crippen molar-refractivity contribution in [3.63, 3.8) is 0 Å². The van der Waals surface area contributed by atoms with E-state index in [9.17, 15) is 4.79 Å². The third kappa shape index (κ3) is 13.2. The summed E-state index contributed by atoms with van der Waals surface area (Å²) in [5.74, 6) is 24.4. The number of carbonyl (C=O) groups is 1. The normalized spacial score (nSPS) is 14.8. The SMILES string of the molecule is C#CC#CC#CC#CC1(C)c2cc(CCc3ccc4c(c3)Oc3cc(C)ccc3N4c3ccc(CCCC)cc3)ccc2-c2ccc(CCc3ccc4c(c3)C(c3ccc(OCCCCCC)cc3)(c3ccc(OCCOc5ccc(C=O)cc5)cc3)c3cc(C)ccc3-4)cc21. The Kier molecular flexibility index (Phi) is 19.1. The number of unbranched alkanes of at least 4 members (excludes halogenated alkanes) is 4. The first-order valence-electron chi connectivity index (χ1n) is 34.0. The maximum atomic E-state index is 11.2. The van der Waals surface area contributed by atoms with Crippen molar-refractivity contribution in [2.45, 2.75) is 116 Å². The topological polar surface area (TPSA) is 57.2 Å². The number of nitrogens with zero attached hydrogens (tertiary/aromatic N) is 1. The molecular formula is C90H79NO5. The van der Waals surface area contributed by atoms with Crippen LogP contribution in [0.5, 0.6) is 28.7 Å². The highest BCUT2D eigenvalue weighted by molar-refractivity contribution is 5.89. The summed E-state index contributed by atoms with van der Waals surface area (Å²) in [7, 11) is 0. The molecule has 1 heterocycles. The van der Waals surface area contributed by atoms with Crippen molar-refractivity contribution < 1.29 is 23.7 Å². The van der Waals surface area contributed by atoms with E-state index in [1.165, 1.54) is 109 Å². The van der Waals surface area contributed by atoms with Gasteiger partial charge in [0.25, 0.3) is 0 Å². The Morgan fingerprint density at radius 2 is 0.896 bits per heavy atom. The summed E-state index contributed by atoms with van der Waals surface area (Å²) in [4.78, 5) is 13.5. The van der Waals surface area contributed by atoms with Crippen molar-refractivity contribution in [1.29, 1.82) is 0 Å². The van der Waals surface area contributed by atoms with Gasteiger partial charge in [0.15, 0.2) is 11.5 Å². The zero-order valence-corrected chi connectivity index (χ0v) is 55.7. The van der Waals surface area contributed by atoms with Crippen molar-refractivity contribution >= 4 is 23.3 Å². The van der Waals surface area contributed by atoms with Gasteiger partial charge in [-0.15, -0.1) is 6.42 Å². The quantitative estimate of drug-likeness (QED) is 0.0341. The number of fused-ring (bicyclic) bond motifs is 8. The number of carbonyl (C=O) groups excluding carboxylic acids is 1. The highest BCUT2D eigenvalue weighted by Crippen LogP contribution is 2.58. The van der Waals surface area contributed by atoms with E-state index in [-0.39, 0.29) is 0 Å². The van der Waals surface area contributed by atoms with E-state index >= 15 is 0 Å². The highest BCUT2D eigenvalue weighted by Gasteiger charge is 2.47. The van der Waals surface area contributed by atoms with E-state index in [0.29, 0.717) is 31.1 Å². The van der Waals surface area contributed by atoms with E-state index in [2.05, 4.69) is 263 Å². The summed E-state index contributed by atoms with van der Waals surface area (Å²) in [6, 6.07) is 74.8. The number of terminal acetylenes is 1. The van der Waals surface area contributed by atoms with Gasteiger partial charge in [-0.05, 0) is 275 Å². The molecule has 2 aliphatic carbocycles. The van der Waals surface area contributed by atoms with E-state index in [1.807, 2.05) is 0 Å². The Morgan fingerprint density at radius 3 is 1.48 bits per heavy atom. The Hall–Kier alpha value is -10.9. The van der Waals surface area contributed by atoms with Gasteiger partial charge < -0.3 is 23.8 Å². The fourth-order valence-corrected chi connectivity index (χ4v) is 14.2. The number of hydrogen-bond acceptors (Lipinski definition) is 6. The summed E-state index contributed by atoms with van der Waals surface area (Å²) in [6.07, 6.45) is 17.6. The molecule has 0 saturated carbocycles. The molecule has 0 spiro atoms. The molecule has 0 N–H and O–H groups in total. The average molecular weight is 1250 g/mol. The minimum Gasteiger partial charge on any atom is -0.494 e. The molecule has 0 saturated heterocycles. The van der Waals surface area contributed by atoms with Crippen LogP contribution in [-0.2, 0) is 42.9 Å². The lowest BCUT2D eigenvalue weighted by Crippen LogP contribution is -2.29. The average Bonchev–Trinajstić information content (AvgIpc) is 1.35. The number of hydrogen-bond donors (Lipinski definition) is 0. The van der Waals surface area contributed by atoms with E-state index < -0.39 is 10.8 Å². The Labute approximate surface area is 567 Å². The smallest absolute Gasteiger partial charge is 0.151 e. The summed E-state index contributed by atoms with van der Waals surface area (Å²) in [5, 5.41) is 0. The van der Waals surface area contributed by atoms with Crippen molar-refractivity contribution in [1.82, 2.24) is 0 Å². The standard InChI is InChI=1S/C90H79NO5/c1-7-10-13-15-16-17-52-89(6)81-58-66(30-47-77(81)78-48-31-67(59-82(78)89)24-25-69-33-51-86-88(61-69)96-87-57-64(5)21-50-85(87)91(86)73-38-26-65(27-39-73)19-12-9-3)22-23-68-32-49-80-79-46-20-63(4)56-83(79)90(84(80)60-68,71-34-42-75(43-35-71)93-53-18-14-11-8-2)72-36-44-76(45-37-72)95-55-54-94-74-40-28-70(62-92)29-41-74/h1,20-21,26-51,56-62H,8-9,11-12,14,18-19,22-25,53-55H2,2-6H3. The lowest BCUT2D eigenvalue weighted by molar-refractivity contribution is 0.112. The molecule has 0 aromatic heterocycles. The van der Waals surface area contributed by atoms with E-state index in [4.69, 9.17) is 25.4 Å². The monoisotopic (exact) mass is 1250 g/mol. The number of rotatable bonds is 24. The zero-order chi connectivity index (χ0) is 66.0. The van der Waals surface area contributed by atoms with Crippen LogP contribution in [-0.4, -0.2) is 26.1 Å². The molecule has 6 heteroatoms. The second kappa shape index (κ2) is 28.8. The molecule has 474 valence electrons. The zero-order valence-electron chi connectivity index (χ0n) is 55.7. The summed E-state index contributed by atoms with van der Waals surface area (Å²) >= 11 is 0. The molecule has 2 atom stereocenters. The van der Waals surface area contributed by atoms with Crippen LogP contribution in [0.25, 0.3) is 22.3 Å². The molecule has 13 rings (SSSR count). The van der Waals surface area contributed by atoms with Gasteiger partial charge in [0, 0.05) is 11.3 Å². The molecule has 0 fully saturated rings. The number of ether oxygens (including phenoxy) is 4. The third-order valence-corrected chi connectivity index (χ3v) is 19.3. The minimum atomic E-state index is -0.653. The van der Waals surface area contributed by atoms with Crippen LogP contribution in [0.4, 0.5) is 17.1 Å². The van der Waals surface area contributed by atoms with Crippen LogP contribution in [0, 0.1) is 61.7 Å². The predicted molar refractivity (Wildman–Crippen MR) is 391 cm³/mol. The first kappa shape index (κ1) is 63.8. The number of aldehydes is 1. The van der Waals surface area contributed by atoms with E-state index in [1.54, 1.807) is 24.3 Å². The van der Waals surface area contributed by atoms with Crippen LogP contribution in [0.2, 0.25) is 0 Å². The summed E-state index contributed by atoms with van der Waals surface area (Å²) < 4.78 is 25.4. The molecule has 10 aromatic rings. The molecule has 96 heavy (non-hydrogen) atoms. The molecule has 0 bridgehead atoms. The fourth-order valence-electron chi connectivity index (χ4n) is 14.2. The third-order valence-electron chi connectivity index (χ3n) is 19.3. The van der Waals surface area contributed by atoms with Crippen molar-refractivity contribution in [3.05, 3.63) is 284 Å². The molecule has 0 amide bonds. The van der Waals surface area contributed by atoms with Gasteiger partial charge in [-0.3, -0.25) is 4.79 Å². The molecule has 1 aliphatic heterocycles. The van der Waals surface area contributed by atoms with Gasteiger partial charge in [0.2, 0.25) is 0 Å². The predicted octanol–water partition coefficient (Wildman–Crippen LogP) is 20.3. The second-order valence-corrected chi connectivity index (χ2v) is 25.8. The molecule has 3 aliphatic rings.